The summed E-state index contributed by atoms with van der Waals surface area (Å²) in [7, 11) is 0. The molecular weight excluding hydrogens is 263 g/mol. The SMILES string of the molecule is Clc1ccc(NC2CCNC2)c(Br)c1. The zero-order chi connectivity index (χ0) is 9.97. The Balaban J connectivity index is 2.08. The average Bonchev–Trinajstić information content (AvgIpc) is 2.62. The van der Waals surface area contributed by atoms with Crippen LogP contribution in [-0.2, 0) is 0 Å². The van der Waals surface area contributed by atoms with Gasteiger partial charge in [-0.05, 0) is 47.1 Å². The Morgan fingerprint density at radius 3 is 3.00 bits per heavy atom. The molecule has 1 fully saturated rings. The number of rotatable bonds is 2. The van der Waals surface area contributed by atoms with Gasteiger partial charge in [-0.3, -0.25) is 0 Å². The fraction of sp³-hybridized carbons (Fsp3) is 0.400. The van der Waals surface area contributed by atoms with Gasteiger partial charge in [0.15, 0.2) is 0 Å². The topological polar surface area (TPSA) is 24.1 Å². The highest BCUT2D eigenvalue weighted by Crippen LogP contribution is 2.26. The van der Waals surface area contributed by atoms with Crippen molar-refractivity contribution in [2.75, 3.05) is 18.4 Å². The summed E-state index contributed by atoms with van der Waals surface area (Å²) in [6.45, 7) is 2.14. The molecule has 0 aromatic heterocycles. The van der Waals surface area contributed by atoms with Gasteiger partial charge in [-0.25, -0.2) is 0 Å². The zero-order valence-electron chi connectivity index (χ0n) is 7.69. The second kappa shape index (κ2) is 4.51. The molecule has 1 unspecified atom stereocenters. The summed E-state index contributed by atoms with van der Waals surface area (Å²) in [5, 5.41) is 7.54. The van der Waals surface area contributed by atoms with Crippen LogP contribution in [0.25, 0.3) is 0 Å². The summed E-state index contributed by atoms with van der Waals surface area (Å²) in [6, 6.07) is 6.35. The molecule has 1 heterocycles. The van der Waals surface area contributed by atoms with Gasteiger partial charge in [-0.2, -0.15) is 0 Å². The molecule has 1 aliphatic rings. The van der Waals surface area contributed by atoms with E-state index in [0.717, 1.165) is 28.3 Å². The maximum atomic E-state index is 5.86. The molecule has 76 valence electrons. The van der Waals surface area contributed by atoms with Gasteiger partial charge in [-0.15, -0.1) is 0 Å². The molecule has 2 rings (SSSR count). The molecule has 0 bridgehead atoms. The van der Waals surface area contributed by atoms with Gasteiger partial charge >= 0.3 is 0 Å². The summed E-state index contributed by atoms with van der Waals surface area (Å²) >= 11 is 9.35. The van der Waals surface area contributed by atoms with Crippen molar-refractivity contribution in [1.29, 1.82) is 0 Å². The lowest BCUT2D eigenvalue weighted by atomic mass is 10.2. The van der Waals surface area contributed by atoms with Crippen LogP contribution in [0.3, 0.4) is 0 Å². The zero-order valence-corrected chi connectivity index (χ0v) is 10.0. The Kier molecular flexibility index (Phi) is 3.31. The maximum absolute atomic E-state index is 5.86. The Labute approximate surface area is 97.2 Å². The quantitative estimate of drug-likeness (QED) is 0.867. The Hall–Kier alpha value is -0.250. The third-order valence-electron chi connectivity index (χ3n) is 2.35. The van der Waals surface area contributed by atoms with Crippen LogP contribution in [0.15, 0.2) is 22.7 Å². The van der Waals surface area contributed by atoms with E-state index in [9.17, 15) is 0 Å². The second-order valence-corrected chi connectivity index (χ2v) is 4.75. The molecule has 0 radical (unpaired) electrons. The minimum Gasteiger partial charge on any atom is -0.380 e. The van der Waals surface area contributed by atoms with Gasteiger partial charge in [0, 0.05) is 27.8 Å². The highest BCUT2D eigenvalue weighted by atomic mass is 79.9. The number of hydrogen-bond donors (Lipinski definition) is 2. The molecule has 14 heavy (non-hydrogen) atoms. The van der Waals surface area contributed by atoms with Crippen molar-refractivity contribution in [3.8, 4) is 0 Å². The predicted octanol–water partition coefficient (Wildman–Crippen LogP) is 2.88. The van der Waals surface area contributed by atoms with E-state index in [-0.39, 0.29) is 0 Å². The standard InChI is InChI=1S/C10H12BrClN2/c11-9-5-7(12)1-2-10(9)14-8-3-4-13-6-8/h1-2,5,8,13-14H,3-4,6H2. The third kappa shape index (κ3) is 2.41. The highest BCUT2D eigenvalue weighted by molar-refractivity contribution is 9.10. The van der Waals surface area contributed by atoms with E-state index in [1.165, 1.54) is 6.42 Å². The first-order valence-electron chi connectivity index (χ1n) is 4.68. The van der Waals surface area contributed by atoms with Gasteiger partial charge < -0.3 is 10.6 Å². The van der Waals surface area contributed by atoms with E-state index < -0.39 is 0 Å². The average molecular weight is 276 g/mol. The minimum absolute atomic E-state index is 0.535. The maximum Gasteiger partial charge on any atom is 0.0488 e. The van der Waals surface area contributed by atoms with Gasteiger partial charge in [0.25, 0.3) is 0 Å². The van der Waals surface area contributed by atoms with Crippen LogP contribution in [0.5, 0.6) is 0 Å². The molecule has 0 amide bonds. The molecule has 2 nitrogen and oxygen atoms in total. The largest absolute Gasteiger partial charge is 0.380 e. The van der Waals surface area contributed by atoms with Crippen LogP contribution in [0.2, 0.25) is 5.02 Å². The second-order valence-electron chi connectivity index (χ2n) is 3.46. The van der Waals surface area contributed by atoms with Crippen molar-refractivity contribution in [3.63, 3.8) is 0 Å². The molecule has 1 atom stereocenters. The van der Waals surface area contributed by atoms with Crippen LogP contribution in [-0.4, -0.2) is 19.1 Å². The molecular formula is C10H12BrClN2. The van der Waals surface area contributed by atoms with Gasteiger partial charge in [-0.1, -0.05) is 11.6 Å². The van der Waals surface area contributed by atoms with E-state index in [4.69, 9.17) is 11.6 Å². The molecule has 2 N–H and O–H groups in total. The number of hydrogen-bond acceptors (Lipinski definition) is 2. The van der Waals surface area contributed by atoms with E-state index in [2.05, 4.69) is 26.6 Å². The van der Waals surface area contributed by atoms with E-state index in [0.29, 0.717) is 6.04 Å². The van der Waals surface area contributed by atoms with Crippen molar-refractivity contribution in [2.24, 2.45) is 0 Å². The van der Waals surface area contributed by atoms with E-state index >= 15 is 0 Å². The lowest BCUT2D eigenvalue weighted by Gasteiger charge is -2.14. The molecule has 1 saturated heterocycles. The number of benzene rings is 1. The Morgan fingerprint density at radius 2 is 2.36 bits per heavy atom. The first-order chi connectivity index (χ1) is 6.75. The van der Waals surface area contributed by atoms with Crippen LogP contribution < -0.4 is 10.6 Å². The van der Waals surface area contributed by atoms with Crippen molar-refractivity contribution in [1.82, 2.24) is 5.32 Å². The summed E-state index contributed by atoms with van der Waals surface area (Å²) < 4.78 is 1.02. The van der Waals surface area contributed by atoms with Gasteiger partial charge in [0.2, 0.25) is 0 Å². The monoisotopic (exact) mass is 274 g/mol. The molecule has 0 aliphatic carbocycles. The summed E-state index contributed by atoms with van der Waals surface area (Å²) in [5.41, 5.74) is 1.11. The number of nitrogens with one attached hydrogen (secondary N) is 2. The van der Waals surface area contributed by atoms with E-state index in [1.807, 2.05) is 18.2 Å². The minimum atomic E-state index is 0.535. The van der Waals surface area contributed by atoms with E-state index in [1.54, 1.807) is 0 Å². The number of halogens is 2. The first kappa shape index (κ1) is 10.3. The van der Waals surface area contributed by atoms with Crippen LogP contribution in [0, 0.1) is 0 Å². The van der Waals surface area contributed by atoms with Crippen molar-refractivity contribution in [2.45, 2.75) is 12.5 Å². The van der Waals surface area contributed by atoms with Gasteiger partial charge in [0.05, 0.1) is 0 Å². The van der Waals surface area contributed by atoms with Crippen molar-refractivity contribution in [3.05, 3.63) is 27.7 Å². The van der Waals surface area contributed by atoms with Gasteiger partial charge in [0.1, 0.15) is 0 Å². The van der Waals surface area contributed by atoms with Crippen LogP contribution >= 0.6 is 27.5 Å². The normalized spacial score (nSPS) is 21.1. The Bertz CT molecular complexity index is 324. The molecule has 1 aliphatic heterocycles. The lowest BCUT2D eigenvalue weighted by Crippen LogP contribution is -2.22. The fourth-order valence-electron chi connectivity index (χ4n) is 1.60. The van der Waals surface area contributed by atoms with Crippen molar-refractivity contribution < 1.29 is 0 Å². The first-order valence-corrected chi connectivity index (χ1v) is 5.85. The summed E-state index contributed by atoms with van der Waals surface area (Å²) in [4.78, 5) is 0. The summed E-state index contributed by atoms with van der Waals surface area (Å²) in [5.74, 6) is 0. The smallest absolute Gasteiger partial charge is 0.0488 e. The molecule has 1 aromatic carbocycles. The lowest BCUT2D eigenvalue weighted by molar-refractivity contribution is 0.793. The molecule has 0 saturated carbocycles. The highest BCUT2D eigenvalue weighted by Gasteiger charge is 2.14. The predicted molar refractivity (Wildman–Crippen MR) is 64.0 cm³/mol. The Morgan fingerprint density at radius 1 is 1.50 bits per heavy atom. The van der Waals surface area contributed by atoms with Crippen LogP contribution in [0.4, 0.5) is 5.69 Å². The van der Waals surface area contributed by atoms with Crippen molar-refractivity contribution >= 4 is 33.2 Å². The molecule has 1 aromatic rings. The third-order valence-corrected chi connectivity index (χ3v) is 3.24. The van der Waals surface area contributed by atoms with Crippen LogP contribution in [0.1, 0.15) is 6.42 Å². The molecule has 4 heteroatoms. The number of anilines is 1. The summed E-state index contributed by atoms with van der Waals surface area (Å²) in [6.07, 6.45) is 1.18. The fourth-order valence-corrected chi connectivity index (χ4v) is 2.40. The molecule has 0 spiro atoms.